The Morgan fingerprint density at radius 1 is 1.07 bits per heavy atom. The van der Waals surface area contributed by atoms with Crippen molar-refractivity contribution in [3.63, 3.8) is 0 Å². The van der Waals surface area contributed by atoms with Gasteiger partial charge in [-0.2, -0.15) is 0 Å². The van der Waals surface area contributed by atoms with Gasteiger partial charge in [-0.25, -0.2) is 9.97 Å². The van der Waals surface area contributed by atoms with Crippen molar-refractivity contribution in [1.82, 2.24) is 9.97 Å². The predicted octanol–water partition coefficient (Wildman–Crippen LogP) is 5.16. The average Bonchev–Trinajstić information content (AvgIpc) is 2.62. The SMILES string of the molecule is CCN(C(=O)c1cc(C)nc(Nc2cccc(Cl)c2)n1)c1cccc(C)c1. The third kappa shape index (κ3) is 4.63. The van der Waals surface area contributed by atoms with Crippen LogP contribution in [0.3, 0.4) is 0 Å². The molecule has 0 saturated carbocycles. The molecule has 0 saturated heterocycles. The molecule has 0 radical (unpaired) electrons. The number of amides is 1. The summed E-state index contributed by atoms with van der Waals surface area (Å²) in [4.78, 5) is 23.6. The molecule has 6 heteroatoms. The van der Waals surface area contributed by atoms with Crippen LogP contribution >= 0.6 is 11.6 Å². The highest BCUT2D eigenvalue weighted by Crippen LogP contribution is 2.21. The van der Waals surface area contributed by atoms with Gasteiger partial charge in [-0.3, -0.25) is 4.79 Å². The molecule has 138 valence electrons. The monoisotopic (exact) mass is 380 g/mol. The number of aryl methyl sites for hydroxylation is 2. The van der Waals surface area contributed by atoms with E-state index in [0.717, 1.165) is 16.9 Å². The fraction of sp³-hybridized carbons (Fsp3) is 0.190. The number of nitrogens with one attached hydrogen (secondary N) is 1. The van der Waals surface area contributed by atoms with Crippen LogP contribution in [-0.4, -0.2) is 22.4 Å². The summed E-state index contributed by atoms with van der Waals surface area (Å²) in [5.74, 6) is 0.198. The van der Waals surface area contributed by atoms with E-state index in [0.29, 0.717) is 28.9 Å². The predicted molar refractivity (Wildman–Crippen MR) is 110 cm³/mol. The van der Waals surface area contributed by atoms with Gasteiger partial charge in [0.1, 0.15) is 5.69 Å². The van der Waals surface area contributed by atoms with Gasteiger partial charge < -0.3 is 10.2 Å². The summed E-state index contributed by atoms with van der Waals surface area (Å²) >= 11 is 6.02. The molecule has 3 rings (SSSR count). The summed E-state index contributed by atoms with van der Waals surface area (Å²) in [6, 6.07) is 16.8. The lowest BCUT2D eigenvalue weighted by Crippen LogP contribution is -2.31. The topological polar surface area (TPSA) is 58.1 Å². The first-order chi connectivity index (χ1) is 13.0. The minimum atomic E-state index is -0.164. The molecule has 0 aliphatic carbocycles. The first-order valence-electron chi connectivity index (χ1n) is 8.73. The second kappa shape index (κ2) is 8.18. The molecule has 3 aromatic rings. The standard InChI is InChI=1S/C21H21ClN4O/c1-4-26(18-10-5-7-14(2)11-18)20(27)19-12-15(3)23-21(25-19)24-17-9-6-8-16(22)13-17/h5-13H,4H2,1-3H3,(H,23,24,25). The van der Waals surface area contributed by atoms with Crippen molar-refractivity contribution in [3.05, 3.63) is 76.6 Å². The molecular weight excluding hydrogens is 360 g/mol. The molecule has 1 amide bonds. The maximum atomic E-state index is 13.1. The van der Waals surface area contributed by atoms with E-state index in [9.17, 15) is 4.79 Å². The van der Waals surface area contributed by atoms with Crippen LogP contribution < -0.4 is 10.2 Å². The molecule has 27 heavy (non-hydrogen) atoms. The molecule has 0 aliphatic rings. The van der Waals surface area contributed by atoms with Crippen molar-refractivity contribution in [1.29, 1.82) is 0 Å². The number of carbonyl (C=O) groups is 1. The smallest absolute Gasteiger partial charge is 0.277 e. The van der Waals surface area contributed by atoms with Gasteiger partial charge in [0.2, 0.25) is 5.95 Å². The quantitative estimate of drug-likeness (QED) is 0.664. The van der Waals surface area contributed by atoms with Crippen molar-refractivity contribution in [3.8, 4) is 0 Å². The zero-order valence-corrected chi connectivity index (χ0v) is 16.3. The van der Waals surface area contributed by atoms with Crippen LogP contribution in [-0.2, 0) is 0 Å². The molecule has 0 spiro atoms. The van der Waals surface area contributed by atoms with Gasteiger partial charge in [-0.05, 0) is 62.7 Å². The highest BCUT2D eigenvalue weighted by molar-refractivity contribution is 6.30. The van der Waals surface area contributed by atoms with Gasteiger partial charge >= 0.3 is 0 Å². The van der Waals surface area contributed by atoms with Gasteiger partial charge in [0.05, 0.1) is 0 Å². The van der Waals surface area contributed by atoms with Crippen LogP contribution in [0.4, 0.5) is 17.3 Å². The number of rotatable bonds is 5. The highest BCUT2D eigenvalue weighted by atomic mass is 35.5. The lowest BCUT2D eigenvalue weighted by molar-refractivity contribution is 0.0983. The Hall–Kier alpha value is -2.92. The lowest BCUT2D eigenvalue weighted by Gasteiger charge is -2.21. The number of hydrogen-bond acceptors (Lipinski definition) is 4. The number of carbonyl (C=O) groups excluding carboxylic acids is 1. The Bertz CT molecular complexity index is 974. The molecule has 1 N–H and O–H groups in total. The molecule has 5 nitrogen and oxygen atoms in total. The van der Waals surface area contributed by atoms with Crippen LogP contribution in [0.2, 0.25) is 5.02 Å². The second-order valence-corrected chi connectivity index (χ2v) is 6.68. The Morgan fingerprint density at radius 3 is 2.56 bits per heavy atom. The summed E-state index contributed by atoms with van der Waals surface area (Å²) in [6.07, 6.45) is 0. The van der Waals surface area contributed by atoms with Gasteiger partial charge in [0.15, 0.2) is 0 Å². The maximum absolute atomic E-state index is 13.1. The van der Waals surface area contributed by atoms with Crippen molar-refractivity contribution in [2.45, 2.75) is 20.8 Å². The molecule has 0 fully saturated rings. The fourth-order valence-corrected chi connectivity index (χ4v) is 3.00. The Morgan fingerprint density at radius 2 is 1.85 bits per heavy atom. The van der Waals surface area contributed by atoms with Crippen LogP contribution in [0.5, 0.6) is 0 Å². The normalized spacial score (nSPS) is 10.5. The van der Waals surface area contributed by atoms with Gasteiger partial charge in [0.25, 0.3) is 5.91 Å². The number of benzene rings is 2. The van der Waals surface area contributed by atoms with E-state index in [4.69, 9.17) is 11.6 Å². The zero-order chi connectivity index (χ0) is 19.4. The molecule has 0 bridgehead atoms. The molecule has 0 aliphatic heterocycles. The zero-order valence-electron chi connectivity index (χ0n) is 15.5. The van der Waals surface area contributed by atoms with E-state index in [1.54, 1.807) is 23.1 Å². The van der Waals surface area contributed by atoms with Gasteiger partial charge in [-0.1, -0.05) is 29.8 Å². The number of hydrogen-bond donors (Lipinski definition) is 1. The third-order valence-electron chi connectivity index (χ3n) is 4.03. The van der Waals surface area contributed by atoms with Crippen LogP contribution in [0.25, 0.3) is 0 Å². The number of nitrogens with zero attached hydrogens (tertiary/aromatic N) is 3. The van der Waals surface area contributed by atoms with Crippen molar-refractivity contribution in [2.24, 2.45) is 0 Å². The van der Waals surface area contributed by atoms with Gasteiger partial charge in [-0.15, -0.1) is 0 Å². The third-order valence-corrected chi connectivity index (χ3v) is 4.26. The minimum absolute atomic E-state index is 0.164. The number of aromatic nitrogens is 2. The summed E-state index contributed by atoms with van der Waals surface area (Å²) in [5.41, 5.74) is 3.76. The van der Waals surface area contributed by atoms with E-state index in [1.165, 1.54) is 0 Å². The summed E-state index contributed by atoms with van der Waals surface area (Å²) in [7, 11) is 0. The highest BCUT2D eigenvalue weighted by Gasteiger charge is 2.19. The lowest BCUT2D eigenvalue weighted by atomic mass is 10.2. The maximum Gasteiger partial charge on any atom is 0.277 e. The van der Waals surface area contributed by atoms with E-state index >= 15 is 0 Å². The van der Waals surface area contributed by atoms with Crippen LogP contribution in [0, 0.1) is 13.8 Å². The summed E-state index contributed by atoms with van der Waals surface area (Å²) < 4.78 is 0. The summed E-state index contributed by atoms with van der Waals surface area (Å²) in [5, 5.41) is 3.72. The van der Waals surface area contributed by atoms with Crippen molar-refractivity contribution < 1.29 is 4.79 Å². The second-order valence-electron chi connectivity index (χ2n) is 6.24. The molecule has 1 aromatic heterocycles. The molecule has 2 aromatic carbocycles. The molecular formula is C21H21ClN4O. The largest absolute Gasteiger partial charge is 0.324 e. The number of halogens is 1. The first-order valence-corrected chi connectivity index (χ1v) is 9.11. The fourth-order valence-electron chi connectivity index (χ4n) is 2.81. The minimum Gasteiger partial charge on any atom is -0.324 e. The van der Waals surface area contributed by atoms with E-state index in [2.05, 4.69) is 15.3 Å². The first kappa shape index (κ1) is 18.9. The van der Waals surface area contributed by atoms with Gasteiger partial charge in [0, 0.05) is 28.6 Å². The molecule has 0 unspecified atom stereocenters. The van der Waals surface area contributed by atoms with E-state index < -0.39 is 0 Å². The molecule has 0 atom stereocenters. The Kier molecular flexibility index (Phi) is 5.72. The Balaban J connectivity index is 1.91. The van der Waals surface area contributed by atoms with Crippen molar-refractivity contribution in [2.75, 3.05) is 16.8 Å². The average molecular weight is 381 g/mol. The van der Waals surface area contributed by atoms with E-state index in [1.807, 2.05) is 57.2 Å². The van der Waals surface area contributed by atoms with Crippen LogP contribution in [0.15, 0.2) is 54.6 Å². The van der Waals surface area contributed by atoms with Crippen LogP contribution in [0.1, 0.15) is 28.7 Å². The molecule has 1 heterocycles. The number of anilines is 3. The van der Waals surface area contributed by atoms with E-state index in [-0.39, 0.29) is 5.91 Å². The summed E-state index contributed by atoms with van der Waals surface area (Å²) in [6.45, 7) is 6.33. The Labute approximate surface area is 164 Å². The van der Waals surface area contributed by atoms with Crippen molar-refractivity contribution >= 4 is 34.8 Å².